The second-order valence-corrected chi connectivity index (χ2v) is 3.61. The highest BCUT2D eigenvalue weighted by molar-refractivity contribution is 5.10. The van der Waals surface area contributed by atoms with Gasteiger partial charge in [0.15, 0.2) is 0 Å². The molecule has 0 saturated carbocycles. The molecule has 1 aliphatic rings. The standard InChI is InChI=1S/C10H15NO2/c12-10(9-3-5-13-7-9)8-2-1-4-11-6-8/h3,5,7-8,10-12H,1-2,4,6H2. The van der Waals surface area contributed by atoms with Crippen LogP contribution in [0.5, 0.6) is 0 Å². The molecule has 0 aromatic carbocycles. The lowest BCUT2D eigenvalue weighted by Gasteiger charge is -2.26. The smallest absolute Gasteiger partial charge is 0.0960 e. The SMILES string of the molecule is OC(c1ccoc1)C1CCCNC1. The number of rotatable bonds is 2. The van der Waals surface area contributed by atoms with Crippen LogP contribution in [-0.2, 0) is 0 Å². The molecule has 0 spiro atoms. The number of hydrogen-bond donors (Lipinski definition) is 2. The van der Waals surface area contributed by atoms with E-state index in [0.29, 0.717) is 5.92 Å². The second-order valence-electron chi connectivity index (χ2n) is 3.61. The average Bonchev–Trinajstić information content (AvgIpc) is 2.71. The monoisotopic (exact) mass is 181 g/mol. The van der Waals surface area contributed by atoms with Crippen LogP contribution in [0.4, 0.5) is 0 Å². The largest absolute Gasteiger partial charge is 0.472 e. The number of hydrogen-bond acceptors (Lipinski definition) is 3. The zero-order valence-corrected chi connectivity index (χ0v) is 7.57. The lowest BCUT2D eigenvalue weighted by molar-refractivity contribution is 0.0916. The second kappa shape index (κ2) is 3.94. The zero-order chi connectivity index (χ0) is 9.10. The number of nitrogens with one attached hydrogen (secondary N) is 1. The third-order valence-electron chi connectivity index (χ3n) is 2.67. The van der Waals surface area contributed by atoms with E-state index in [-0.39, 0.29) is 6.10 Å². The Kier molecular flexibility index (Phi) is 2.66. The highest BCUT2D eigenvalue weighted by Gasteiger charge is 2.23. The Labute approximate surface area is 77.8 Å². The van der Waals surface area contributed by atoms with Crippen molar-refractivity contribution in [3.8, 4) is 0 Å². The molecule has 1 aromatic heterocycles. The van der Waals surface area contributed by atoms with Crippen molar-refractivity contribution in [3.05, 3.63) is 24.2 Å². The van der Waals surface area contributed by atoms with Crippen LogP contribution in [0, 0.1) is 5.92 Å². The van der Waals surface area contributed by atoms with Gasteiger partial charge in [-0.3, -0.25) is 0 Å². The zero-order valence-electron chi connectivity index (χ0n) is 7.57. The fraction of sp³-hybridized carbons (Fsp3) is 0.600. The van der Waals surface area contributed by atoms with Gasteiger partial charge in [-0.05, 0) is 25.5 Å². The van der Waals surface area contributed by atoms with Crippen molar-refractivity contribution in [1.29, 1.82) is 0 Å². The van der Waals surface area contributed by atoms with E-state index in [1.165, 1.54) is 0 Å². The topological polar surface area (TPSA) is 45.4 Å². The van der Waals surface area contributed by atoms with E-state index >= 15 is 0 Å². The first-order chi connectivity index (χ1) is 6.38. The molecule has 2 N–H and O–H groups in total. The first-order valence-corrected chi connectivity index (χ1v) is 4.79. The number of piperidine rings is 1. The highest BCUT2D eigenvalue weighted by Crippen LogP contribution is 2.26. The first-order valence-electron chi connectivity index (χ1n) is 4.79. The number of furan rings is 1. The lowest BCUT2D eigenvalue weighted by atomic mass is 9.91. The third kappa shape index (κ3) is 1.92. The molecule has 2 heterocycles. The summed E-state index contributed by atoms with van der Waals surface area (Å²) in [5.41, 5.74) is 0.897. The first kappa shape index (κ1) is 8.78. The minimum atomic E-state index is -0.369. The van der Waals surface area contributed by atoms with Gasteiger partial charge in [-0.15, -0.1) is 0 Å². The summed E-state index contributed by atoms with van der Waals surface area (Å²) in [6.07, 6.45) is 5.11. The van der Waals surface area contributed by atoms with E-state index in [2.05, 4.69) is 5.32 Å². The van der Waals surface area contributed by atoms with Crippen molar-refractivity contribution >= 4 is 0 Å². The van der Waals surface area contributed by atoms with Gasteiger partial charge in [-0.1, -0.05) is 0 Å². The molecule has 72 valence electrons. The lowest BCUT2D eigenvalue weighted by Crippen LogP contribution is -2.33. The molecule has 13 heavy (non-hydrogen) atoms. The number of aliphatic hydroxyl groups excluding tert-OH is 1. The van der Waals surface area contributed by atoms with Crippen LogP contribution in [0.15, 0.2) is 23.0 Å². The van der Waals surface area contributed by atoms with E-state index in [9.17, 15) is 5.11 Å². The summed E-state index contributed by atoms with van der Waals surface area (Å²) < 4.78 is 4.95. The minimum Gasteiger partial charge on any atom is -0.472 e. The Morgan fingerprint density at radius 3 is 3.15 bits per heavy atom. The maximum Gasteiger partial charge on any atom is 0.0960 e. The van der Waals surface area contributed by atoms with Gasteiger partial charge >= 0.3 is 0 Å². The quantitative estimate of drug-likeness (QED) is 0.723. The Morgan fingerprint density at radius 1 is 1.62 bits per heavy atom. The van der Waals surface area contributed by atoms with Gasteiger partial charge in [0.2, 0.25) is 0 Å². The van der Waals surface area contributed by atoms with E-state index in [1.807, 2.05) is 6.07 Å². The maximum absolute atomic E-state index is 9.93. The van der Waals surface area contributed by atoms with E-state index in [0.717, 1.165) is 31.5 Å². The third-order valence-corrected chi connectivity index (χ3v) is 2.67. The molecule has 1 aliphatic heterocycles. The fourth-order valence-corrected chi connectivity index (χ4v) is 1.86. The molecule has 2 rings (SSSR count). The molecular formula is C10H15NO2. The molecule has 3 nitrogen and oxygen atoms in total. The van der Waals surface area contributed by atoms with Crippen molar-refractivity contribution in [2.24, 2.45) is 5.92 Å². The Morgan fingerprint density at radius 2 is 2.54 bits per heavy atom. The fourth-order valence-electron chi connectivity index (χ4n) is 1.86. The predicted octanol–water partition coefficient (Wildman–Crippen LogP) is 1.31. The van der Waals surface area contributed by atoms with Crippen LogP contribution in [0.2, 0.25) is 0 Å². The van der Waals surface area contributed by atoms with Crippen LogP contribution >= 0.6 is 0 Å². The van der Waals surface area contributed by atoms with Crippen LogP contribution in [0.3, 0.4) is 0 Å². The normalized spacial score (nSPS) is 25.8. The summed E-state index contributed by atoms with van der Waals surface area (Å²) in [7, 11) is 0. The van der Waals surface area contributed by atoms with Crippen LogP contribution in [0.25, 0.3) is 0 Å². The van der Waals surface area contributed by atoms with Crippen molar-refractivity contribution in [1.82, 2.24) is 5.32 Å². The van der Waals surface area contributed by atoms with Crippen molar-refractivity contribution in [2.45, 2.75) is 18.9 Å². The molecule has 1 fully saturated rings. The highest BCUT2D eigenvalue weighted by atomic mass is 16.3. The molecule has 0 amide bonds. The minimum absolute atomic E-state index is 0.339. The van der Waals surface area contributed by atoms with Crippen LogP contribution in [-0.4, -0.2) is 18.2 Å². The van der Waals surface area contributed by atoms with Gasteiger partial charge in [0.05, 0.1) is 18.6 Å². The maximum atomic E-state index is 9.93. The molecule has 2 unspecified atom stereocenters. The van der Waals surface area contributed by atoms with Crippen molar-refractivity contribution in [3.63, 3.8) is 0 Å². The van der Waals surface area contributed by atoms with Gasteiger partial charge in [0.25, 0.3) is 0 Å². The molecular weight excluding hydrogens is 166 g/mol. The van der Waals surface area contributed by atoms with Gasteiger partial charge in [-0.2, -0.15) is 0 Å². The van der Waals surface area contributed by atoms with E-state index < -0.39 is 0 Å². The molecule has 0 radical (unpaired) electrons. The summed E-state index contributed by atoms with van der Waals surface area (Å²) in [6.45, 7) is 1.99. The van der Waals surface area contributed by atoms with Crippen LogP contribution < -0.4 is 5.32 Å². The Bertz CT molecular complexity index is 239. The van der Waals surface area contributed by atoms with Gasteiger partial charge in [0, 0.05) is 18.0 Å². The summed E-state index contributed by atoms with van der Waals surface area (Å²) in [5.74, 6) is 0.339. The average molecular weight is 181 g/mol. The summed E-state index contributed by atoms with van der Waals surface area (Å²) in [4.78, 5) is 0. The molecule has 0 aliphatic carbocycles. The molecule has 2 atom stereocenters. The summed E-state index contributed by atoms with van der Waals surface area (Å²) in [6, 6.07) is 1.83. The Hall–Kier alpha value is -0.800. The number of aliphatic hydroxyl groups is 1. The Balaban J connectivity index is 1.99. The van der Waals surface area contributed by atoms with Gasteiger partial charge < -0.3 is 14.8 Å². The molecule has 1 saturated heterocycles. The van der Waals surface area contributed by atoms with E-state index in [4.69, 9.17) is 4.42 Å². The molecule has 1 aromatic rings. The summed E-state index contributed by atoms with van der Waals surface area (Å²) in [5, 5.41) is 13.2. The molecule has 3 heteroatoms. The van der Waals surface area contributed by atoms with Crippen LogP contribution in [0.1, 0.15) is 24.5 Å². The van der Waals surface area contributed by atoms with Crippen molar-refractivity contribution < 1.29 is 9.52 Å². The predicted molar refractivity (Wildman–Crippen MR) is 49.3 cm³/mol. The summed E-state index contributed by atoms with van der Waals surface area (Å²) >= 11 is 0. The van der Waals surface area contributed by atoms with Gasteiger partial charge in [0.1, 0.15) is 0 Å². The van der Waals surface area contributed by atoms with Crippen molar-refractivity contribution in [2.75, 3.05) is 13.1 Å². The van der Waals surface area contributed by atoms with E-state index in [1.54, 1.807) is 12.5 Å². The molecule has 0 bridgehead atoms. The van der Waals surface area contributed by atoms with Gasteiger partial charge in [-0.25, -0.2) is 0 Å².